The van der Waals surface area contributed by atoms with E-state index in [1.165, 1.54) is 17.1 Å². The molecule has 0 radical (unpaired) electrons. The van der Waals surface area contributed by atoms with Crippen molar-refractivity contribution in [2.24, 2.45) is 7.05 Å². The van der Waals surface area contributed by atoms with E-state index >= 15 is 0 Å². The second kappa shape index (κ2) is 6.31. The van der Waals surface area contributed by atoms with Crippen molar-refractivity contribution in [3.63, 3.8) is 0 Å². The number of likely N-dealkylation sites (N-methyl/N-ethyl adjacent to an activating group) is 1. The zero-order chi connectivity index (χ0) is 13.8. The number of nitrogens with one attached hydrogen (secondary N) is 1. The first-order chi connectivity index (χ1) is 8.40. The summed E-state index contributed by atoms with van der Waals surface area (Å²) in [6, 6.07) is 0.173. The molecule has 6 nitrogen and oxygen atoms in total. The number of sulfonamides is 1. The maximum atomic E-state index is 12.0. The molecule has 0 aliphatic rings. The van der Waals surface area contributed by atoms with Crippen molar-refractivity contribution in [2.75, 3.05) is 19.6 Å². The molecule has 0 bridgehead atoms. The summed E-state index contributed by atoms with van der Waals surface area (Å²) in [5.74, 6) is 0. The van der Waals surface area contributed by atoms with Crippen molar-refractivity contribution < 1.29 is 8.42 Å². The molecular weight excluding hydrogens is 252 g/mol. The van der Waals surface area contributed by atoms with Crippen LogP contribution in [-0.2, 0) is 17.1 Å². The molecule has 104 valence electrons. The van der Waals surface area contributed by atoms with Crippen LogP contribution in [0.25, 0.3) is 0 Å². The van der Waals surface area contributed by atoms with Crippen molar-refractivity contribution in [1.29, 1.82) is 0 Å². The minimum atomic E-state index is -3.44. The maximum Gasteiger partial charge on any atom is 0.243 e. The molecule has 7 heteroatoms. The van der Waals surface area contributed by atoms with Gasteiger partial charge in [-0.25, -0.2) is 13.1 Å². The second-order valence-corrected chi connectivity index (χ2v) is 6.04. The number of nitrogens with zero attached hydrogens (tertiary/aromatic N) is 3. The van der Waals surface area contributed by atoms with Gasteiger partial charge >= 0.3 is 0 Å². The van der Waals surface area contributed by atoms with Crippen molar-refractivity contribution in [2.45, 2.75) is 31.7 Å². The first kappa shape index (κ1) is 15.1. The third-order valence-electron chi connectivity index (χ3n) is 3.00. The summed E-state index contributed by atoms with van der Waals surface area (Å²) in [5.41, 5.74) is 0. The molecule has 0 fully saturated rings. The molecule has 1 atom stereocenters. The average molecular weight is 274 g/mol. The lowest BCUT2D eigenvalue weighted by Crippen LogP contribution is -2.41. The van der Waals surface area contributed by atoms with E-state index in [9.17, 15) is 8.42 Å². The van der Waals surface area contributed by atoms with E-state index < -0.39 is 10.0 Å². The molecule has 0 unspecified atom stereocenters. The van der Waals surface area contributed by atoms with Crippen LogP contribution in [0.2, 0.25) is 0 Å². The fourth-order valence-corrected chi connectivity index (χ4v) is 2.93. The Labute approximate surface area is 109 Å². The molecular formula is C11H22N4O2S. The summed E-state index contributed by atoms with van der Waals surface area (Å²) in [6.45, 7) is 8.36. The van der Waals surface area contributed by atoms with Crippen LogP contribution in [0, 0.1) is 0 Å². The van der Waals surface area contributed by atoms with Gasteiger partial charge in [-0.1, -0.05) is 13.8 Å². The van der Waals surface area contributed by atoms with Crippen molar-refractivity contribution in [3.05, 3.63) is 12.4 Å². The first-order valence-corrected chi connectivity index (χ1v) is 7.61. The summed E-state index contributed by atoms with van der Waals surface area (Å²) >= 11 is 0. The Hall–Kier alpha value is -0.920. The number of aryl methyl sites for hydroxylation is 1. The lowest BCUT2D eigenvalue weighted by Gasteiger charge is -2.26. The van der Waals surface area contributed by atoms with Gasteiger partial charge in [-0.05, 0) is 20.0 Å². The minimum absolute atomic E-state index is 0.173. The van der Waals surface area contributed by atoms with Crippen molar-refractivity contribution >= 4 is 10.0 Å². The molecule has 18 heavy (non-hydrogen) atoms. The molecule has 1 aromatic heterocycles. The van der Waals surface area contributed by atoms with Crippen LogP contribution in [0.15, 0.2) is 17.3 Å². The van der Waals surface area contributed by atoms with Gasteiger partial charge in [0.05, 0.1) is 6.20 Å². The molecule has 1 rings (SSSR count). The van der Waals surface area contributed by atoms with Crippen LogP contribution in [0.3, 0.4) is 0 Å². The summed E-state index contributed by atoms with van der Waals surface area (Å²) in [6.07, 6.45) is 2.84. The summed E-state index contributed by atoms with van der Waals surface area (Å²) in [4.78, 5) is 2.41. The van der Waals surface area contributed by atoms with E-state index in [4.69, 9.17) is 0 Å². The van der Waals surface area contributed by atoms with Crippen LogP contribution in [0.5, 0.6) is 0 Å². The van der Waals surface area contributed by atoms with E-state index in [-0.39, 0.29) is 10.9 Å². The molecule has 1 aromatic rings. The third-order valence-corrected chi connectivity index (χ3v) is 4.37. The number of rotatable bonds is 7. The van der Waals surface area contributed by atoms with E-state index in [0.717, 1.165) is 13.1 Å². The van der Waals surface area contributed by atoms with E-state index in [0.29, 0.717) is 6.54 Å². The predicted octanol–water partition coefficient (Wildman–Crippen LogP) is 0.429. The lowest BCUT2D eigenvalue weighted by molar-refractivity contribution is 0.232. The topological polar surface area (TPSA) is 67.2 Å². The highest BCUT2D eigenvalue weighted by atomic mass is 32.2. The van der Waals surface area contributed by atoms with Gasteiger partial charge in [0.2, 0.25) is 10.0 Å². The molecule has 0 aliphatic carbocycles. The normalized spacial score (nSPS) is 14.1. The minimum Gasteiger partial charge on any atom is -0.300 e. The SMILES string of the molecule is CCN(CC)[C@H](C)CNS(=O)(=O)c1cnn(C)c1. The molecule has 0 saturated heterocycles. The zero-order valence-electron chi connectivity index (χ0n) is 11.4. The van der Waals surface area contributed by atoms with E-state index in [1.54, 1.807) is 7.05 Å². The highest BCUT2D eigenvalue weighted by Crippen LogP contribution is 2.06. The Morgan fingerprint density at radius 3 is 2.50 bits per heavy atom. The van der Waals surface area contributed by atoms with Gasteiger partial charge in [0.15, 0.2) is 0 Å². The highest BCUT2D eigenvalue weighted by Gasteiger charge is 2.18. The first-order valence-electron chi connectivity index (χ1n) is 6.13. The Balaban J connectivity index is 2.62. The summed E-state index contributed by atoms with van der Waals surface area (Å²) < 4.78 is 28.0. The molecule has 0 spiro atoms. The fraction of sp³-hybridized carbons (Fsp3) is 0.727. The van der Waals surface area contributed by atoms with Gasteiger partial charge in [0.1, 0.15) is 4.90 Å². The predicted molar refractivity (Wildman–Crippen MR) is 70.8 cm³/mol. The summed E-state index contributed by atoms with van der Waals surface area (Å²) in [5, 5.41) is 3.86. The smallest absolute Gasteiger partial charge is 0.243 e. The highest BCUT2D eigenvalue weighted by molar-refractivity contribution is 7.89. The monoisotopic (exact) mass is 274 g/mol. The van der Waals surface area contributed by atoms with Gasteiger partial charge < -0.3 is 0 Å². The number of aromatic nitrogens is 2. The Morgan fingerprint density at radius 2 is 2.06 bits per heavy atom. The van der Waals surface area contributed by atoms with Crippen LogP contribution in [0.1, 0.15) is 20.8 Å². The van der Waals surface area contributed by atoms with Crippen molar-refractivity contribution in [3.8, 4) is 0 Å². The number of hydrogen-bond donors (Lipinski definition) is 1. The summed E-state index contributed by atoms with van der Waals surface area (Å²) in [7, 11) is -1.75. The van der Waals surface area contributed by atoms with Crippen LogP contribution in [-0.4, -0.2) is 48.8 Å². The fourth-order valence-electron chi connectivity index (χ4n) is 1.83. The molecule has 0 amide bonds. The van der Waals surface area contributed by atoms with E-state index in [1.807, 2.05) is 6.92 Å². The molecule has 0 aromatic carbocycles. The zero-order valence-corrected chi connectivity index (χ0v) is 12.2. The van der Waals surface area contributed by atoms with Gasteiger partial charge in [-0.2, -0.15) is 5.10 Å². The van der Waals surface area contributed by atoms with Crippen LogP contribution in [0.4, 0.5) is 0 Å². The standard InChI is InChI=1S/C11H22N4O2S/c1-5-15(6-2)10(3)7-13-18(16,17)11-8-12-14(4)9-11/h8-10,13H,5-7H2,1-4H3/t10-/m1/s1. The van der Waals surface area contributed by atoms with Gasteiger partial charge in [0.25, 0.3) is 0 Å². The van der Waals surface area contributed by atoms with Crippen molar-refractivity contribution in [1.82, 2.24) is 19.4 Å². The second-order valence-electron chi connectivity index (χ2n) is 4.27. The van der Waals surface area contributed by atoms with E-state index in [2.05, 4.69) is 28.6 Å². The lowest BCUT2D eigenvalue weighted by atomic mass is 10.3. The van der Waals surface area contributed by atoms with Gasteiger partial charge in [-0.3, -0.25) is 9.58 Å². The molecule has 1 N–H and O–H groups in total. The Bertz CT molecular complexity index is 465. The average Bonchev–Trinajstić information content (AvgIpc) is 2.76. The van der Waals surface area contributed by atoms with Crippen LogP contribution < -0.4 is 4.72 Å². The number of hydrogen-bond acceptors (Lipinski definition) is 4. The largest absolute Gasteiger partial charge is 0.300 e. The quantitative estimate of drug-likeness (QED) is 0.783. The molecule has 0 saturated carbocycles. The van der Waals surface area contributed by atoms with Crippen LogP contribution >= 0.6 is 0 Å². The van der Waals surface area contributed by atoms with Gasteiger partial charge in [0, 0.05) is 25.8 Å². The Morgan fingerprint density at radius 1 is 1.44 bits per heavy atom. The third kappa shape index (κ3) is 3.79. The molecule has 1 heterocycles. The maximum absolute atomic E-state index is 12.0. The molecule has 0 aliphatic heterocycles. The van der Waals surface area contributed by atoms with Gasteiger partial charge in [-0.15, -0.1) is 0 Å². The Kier molecular flexibility index (Phi) is 5.30.